The van der Waals surface area contributed by atoms with Gasteiger partial charge in [-0.1, -0.05) is 48.0 Å². The Labute approximate surface area is 106 Å². The van der Waals surface area contributed by atoms with Crippen LogP contribution >= 0.6 is 11.6 Å². The van der Waals surface area contributed by atoms with Crippen molar-refractivity contribution in [2.24, 2.45) is 5.73 Å². The molecule has 0 saturated heterocycles. The second-order valence-corrected chi connectivity index (χ2v) is 4.16. The average Bonchev–Trinajstić information content (AvgIpc) is 2.38. The summed E-state index contributed by atoms with van der Waals surface area (Å²) in [6, 6.07) is 16.9. The van der Waals surface area contributed by atoms with Gasteiger partial charge in [-0.05, 0) is 23.8 Å². The van der Waals surface area contributed by atoms with Gasteiger partial charge >= 0.3 is 0 Å². The van der Waals surface area contributed by atoms with Crippen LogP contribution in [0, 0.1) is 0 Å². The first kappa shape index (κ1) is 12.0. The Hall–Kier alpha value is -1.51. The van der Waals surface area contributed by atoms with Crippen molar-refractivity contribution in [2.75, 3.05) is 6.61 Å². The molecule has 3 heteroatoms. The van der Waals surface area contributed by atoms with E-state index in [0.29, 0.717) is 11.6 Å². The molecule has 2 nitrogen and oxygen atoms in total. The number of halogens is 1. The Balaban J connectivity index is 1.99. The van der Waals surface area contributed by atoms with Crippen LogP contribution in [-0.2, 0) is 0 Å². The number of benzene rings is 2. The molecule has 0 bridgehead atoms. The van der Waals surface area contributed by atoms with Crippen molar-refractivity contribution in [3.63, 3.8) is 0 Å². The van der Waals surface area contributed by atoms with Crippen LogP contribution in [0.25, 0.3) is 0 Å². The lowest BCUT2D eigenvalue weighted by atomic mass is 10.1. The van der Waals surface area contributed by atoms with Gasteiger partial charge < -0.3 is 10.5 Å². The summed E-state index contributed by atoms with van der Waals surface area (Å²) in [5, 5.41) is 0.677. The van der Waals surface area contributed by atoms with E-state index in [2.05, 4.69) is 0 Å². The first-order chi connectivity index (χ1) is 8.27. The Kier molecular flexibility index (Phi) is 4.02. The van der Waals surface area contributed by atoms with Crippen molar-refractivity contribution >= 4 is 11.6 Å². The van der Waals surface area contributed by atoms with E-state index in [0.717, 1.165) is 11.3 Å². The summed E-state index contributed by atoms with van der Waals surface area (Å²) < 4.78 is 5.59. The molecule has 2 N–H and O–H groups in total. The Bertz CT molecular complexity index is 473. The van der Waals surface area contributed by atoms with E-state index < -0.39 is 0 Å². The van der Waals surface area contributed by atoms with Crippen LogP contribution in [-0.4, -0.2) is 6.61 Å². The van der Waals surface area contributed by atoms with E-state index in [-0.39, 0.29) is 6.04 Å². The van der Waals surface area contributed by atoms with E-state index in [1.807, 2.05) is 54.6 Å². The third-order valence-corrected chi connectivity index (χ3v) is 2.82. The van der Waals surface area contributed by atoms with Gasteiger partial charge in [-0.3, -0.25) is 0 Å². The molecule has 0 spiro atoms. The highest BCUT2D eigenvalue weighted by Crippen LogP contribution is 2.21. The fourth-order valence-corrected chi connectivity index (χ4v) is 1.84. The van der Waals surface area contributed by atoms with E-state index in [4.69, 9.17) is 22.1 Å². The van der Waals surface area contributed by atoms with Crippen LogP contribution in [0.2, 0.25) is 5.02 Å². The Morgan fingerprint density at radius 1 is 1.00 bits per heavy atom. The first-order valence-electron chi connectivity index (χ1n) is 5.45. The predicted molar refractivity (Wildman–Crippen MR) is 70.3 cm³/mol. The summed E-state index contributed by atoms with van der Waals surface area (Å²) in [7, 11) is 0. The quantitative estimate of drug-likeness (QED) is 0.899. The normalized spacial score (nSPS) is 12.1. The molecule has 0 heterocycles. The van der Waals surface area contributed by atoms with Crippen molar-refractivity contribution in [1.82, 2.24) is 0 Å². The van der Waals surface area contributed by atoms with E-state index in [1.165, 1.54) is 0 Å². The molecule has 0 aliphatic heterocycles. The zero-order valence-electron chi connectivity index (χ0n) is 9.34. The number of ether oxygens (including phenoxy) is 1. The fraction of sp³-hybridized carbons (Fsp3) is 0.143. The maximum Gasteiger partial charge on any atom is 0.119 e. The van der Waals surface area contributed by atoms with Gasteiger partial charge in [0.15, 0.2) is 0 Å². The summed E-state index contributed by atoms with van der Waals surface area (Å²) in [6.07, 6.45) is 0. The van der Waals surface area contributed by atoms with Gasteiger partial charge in [0, 0.05) is 5.02 Å². The number of hydrogen-bond donors (Lipinski definition) is 1. The largest absolute Gasteiger partial charge is 0.492 e. The van der Waals surface area contributed by atoms with Gasteiger partial charge in [0.1, 0.15) is 12.4 Å². The van der Waals surface area contributed by atoms with Gasteiger partial charge in [0.05, 0.1) is 6.04 Å². The van der Waals surface area contributed by atoms with Crippen LogP contribution in [0.3, 0.4) is 0 Å². The Morgan fingerprint density at radius 2 is 1.65 bits per heavy atom. The van der Waals surface area contributed by atoms with Gasteiger partial charge in [0.2, 0.25) is 0 Å². The van der Waals surface area contributed by atoms with Crippen LogP contribution in [0.4, 0.5) is 0 Å². The molecule has 0 radical (unpaired) electrons. The highest BCUT2D eigenvalue weighted by Gasteiger charge is 2.09. The highest BCUT2D eigenvalue weighted by atomic mass is 35.5. The zero-order chi connectivity index (χ0) is 12.1. The molecule has 0 aromatic heterocycles. The average molecular weight is 248 g/mol. The van der Waals surface area contributed by atoms with Crippen molar-refractivity contribution in [3.05, 3.63) is 65.2 Å². The van der Waals surface area contributed by atoms with Crippen LogP contribution < -0.4 is 10.5 Å². The van der Waals surface area contributed by atoms with E-state index in [1.54, 1.807) is 0 Å². The molecule has 0 aliphatic rings. The number of hydrogen-bond acceptors (Lipinski definition) is 2. The SMILES string of the molecule is NC(COc1ccccc1)c1ccccc1Cl. The summed E-state index contributed by atoms with van der Waals surface area (Å²) >= 11 is 6.07. The molecule has 17 heavy (non-hydrogen) atoms. The minimum atomic E-state index is -0.219. The first-order valence-corrected chi connectivity index (χ1v) is 5.83. The minimum absolute atomic E-state index is 0.219. The third-order valence-electron chi connectivity index (χ3n) is 2.48. The molecule has 0 saturated carbocycles. The molecular weight excluding hydrogens is 234 g/mol. The molecule has 88 valence electrons. The fourth-order valence-electron chi connectivity index (χ4n) is 1.57. The molecule has 0 aliphatic carbocycles. The van der Waals surface area contributed by atoms with Crippen molar-refractivity contribution in [1.29, 1.82) is 0 Å². The summed E-state index contributed by atoms with van der Waals surface area (Å²) in [5.41, 5.74) is 6.94. The maximum atomic E-state index is 6.07. The monoisotopic (exact) mass is 247 g/mol. The van der Waals surface area contributed by atoms with Gasteiger partial charge in [0.25, 0.3) is 0 Å². The number of rotatable bonds is 4. The zero-order valence-corrected chi connectivity index (χ0v) is 10.1. The molecule has 2 aromatic rings. The smallest absolute Gasteiger partial charge is 0.119 e. The van der Waals surface area contributed by atoms with E-state index >= 15 is 0 Å². The second-order valence-electron chi connectivity index (χ2n) is 3.75. The van der Waals surface area contributed by atoms with Crippen LogP contribution in [0.1, 0.15) is 11.6 Å². The van der Waals surface area contributed by atoms with Gasteiger partial charge in [-0.25, -0.2) is 0 Å². The van der Waals surface area contributed by atoms with Crippen molar-refractivity contribution in [3.8, 4) is 5.75 Å². The lowest BCUT2D eigenvalue weighted by Crippen LogP contribution is -2.19. The maximum absolute atomic E-state index is 6.07. The lowest BCUT2D eigenvalue weighted by Gasteiger charge is -2.14. The predicted octanol–water partition coefficient (Wildman–Crippen LogP) is 3.42. The molecular formula is C14H14ClNO. The molecule has 2 aromatic carbocycles. The highest BCUT2D eigenvalue weighted by molar-refractivity contribution is 6.31. The standard InChI is InChI=1S/C14H14ClNO/c15-13-9-5-4-8-12(13)14(16)10-17-11-6-2-1-3-7-11/h1-9,14H,10,16H2. The molecule has 1 atom stereocenters. The summed E-state index contributed by atoms with van der Waals surface area (Å²) in [5.74, 6) is 0.815. The van der Waals surface area contributed by atoms with Crippen LogP contribution in [0.5, 0.6) is 5.75 Å². The molecule has 0 fully saturated rings. The van der Waals surface area contributed by atoms with Gasteiger partial charge in [-0.15, -0.1) is 0 Å². The van der Waals surface area contributed by atoms with Crippen LogP contribution in [0.15, 0.2) is 54.6 Å². The minimum Gasteiger partial charge on any atom is -0.492 e. The molecule has 0 amide bonds. The Morgan fingerprint density at radius 3 is 2.35 bits per heavy atom. The molecule has 1 unspecified atom stereocenters. The second kappa shape index (κ2) is 5.71. The number of para-hydroxylation sites is 1. The van der Waals surface area contributed by atoms with Gasteiger partial charge in [-0.2, -0.15) is 0 Å². The molecule has 2 rings (SSSR count). The topological polar surface area (TPSA) is 35.2 Å². The lowest BCUT2D eigenvalue weighted by molar-refractivity contribution is 0.291. The summed E-state index contributed by atoms with van der Waals surface area (Å²) in [4.78, 5) is 0. The summed E-state index contributed by atoms with van der Waals surface area (Å²) in [6.45, 7) is 0.410. The van der Waals surface area contributed by atoms with Crippen molar-refractivity contribution in [2.45, 2.75) is 6.04 Å². The van der Waals surface area contributed by atoms with E-state index in [9.17, 15) is 0 Å². The number of nitrogens with two attached hydrogens (primary N) is 1. The third kappa shape index (κ3) is 3.22. The van der Waals surface area contributed by atoms with Crippen molar-refractivity contribution < 1.29 is 4.74 Å².